The molecule has 5 nitrogen and oxygen atoms in total. The number of nitrogens with one attached hydrogen (secondary N) is 2. The first-order valence-corrected chi connectivity index (χ1v) is 7.40. The van der Waals surface area contributed by atoms with E-state index in [1.807, 2.05) is 31.2 Å². The van der Waals surface area contributed by atoms with Gasteiger partial charge >= 0.3 is 0 Å². The summed E-state index contributed by atoms with van der Waals surface area (Å²) in [6.45, 7) is 3.19. The van der Waals surface area contributed by atoms with Gasteiger partial charge < -0.3 is 10.6 Å². The van der Waals surface area contributed by atoms with Gasteiger partial charge in [0.2, 0.25) is 10.1 Å². The lowest BCUT2D eigenvalue weighted by Crippen LogP contribution is -2.22. The van der Waals surface area contributed by atoms with Crippen LogP contribution in [0.3, 0.4) is 0 Å². The van der Waals surface area contributed by atoms with Gasteiger partial charge in [0.1, 0.15) is 0 Å². The molecule has 0 aliphatic carbocycles. The van der Waals surface area contributed by atoms with Crippen molar-refractivity contribution in [1.29, 1.82) is 0 Å². The van der Waals surface area contributed by atoms with E-state index in [9.17, 15) is 4.79 Å². The highest BCUT2D eigenvalue weighted by atomic mass is 79.9. The van der Waals surface area contributed by atoms with Crippen LogP contribution in [0.1, 0.15) is 22.3 Å². The second kappa shape index (κ2) is 6.63. The first-order chi connectivity index (χ1) is 9.19. The van der Waals surface area contributed by atoms with Crippen LogP contribution in [0, 0.1) is 0 Å². The van der Waals surface area contributed by atoms with Gasteiger partial charge in [-0.25, -0.2) is 0 Å². The summed E-state index contributed by atoms with van der Waals surface area (Å²) in [6.07, 6.45) is 0. The Morgan fingerprint density at radius 2 is 2.26 bits per heavy atom. The molecule has 2 N–H and O–H groups in total. The van der Waals surface area contributed by atoms with Crippen molar-refractivity contribution >= 4 is 38.3 Å². The fourth-order valence-electron chi connectivity index (χ4n) is 1.44. The van der Waals surface area contributed by atoms with Gasteiger partial charge in [-0.2, -0.15) is 0 Å². The van der Waals surface area contributed by atoms with Gasteiger partial charge in [0, 0.05) is 17.6 Å². The number of hydrogen-bond donors (Lipinski definition) is 2. The number of amides is 1. The van der Waals surface area contributed by atoms with Crippen LogP contribution in [0.2, 0.25) is 0 Å². The summed E-state index contributed by atoms with van der Waals surface area (Å²) in [5.41, 5.74) is 1.03. The first kappa shape index (κ1) is 14.0. The Morgan fingerprint density at radius 1 is 1.42 bits per heavy atom. The van der Waals surface area contributed by atoms with Crippen molar-refractivity contribution in [2.75, 3.05) is 11.9 Å². The average Bonchev–Trinajstić information content (AvgIpc) is 2.85. The molecule has 0 saturated carbocycles. The Hall–Kier alpha value is -1.47. The molecule has 1 amide bonds. The number of anilines is 1. The zero-order valence-electron chi connectivity index (χ0n) is 10.3. The van der Waals surface area contributed by atoms with E-state index >= 15 is 0 Å². The van der Waals surface area contributed by atoms with E-state index in [4.69, 9.17) is 0 Å². The monoisotopic (exact) mass is 340 g/mol. The van der Waals surface area contributed by atoms with Crippen LogP contribution in [-0.4, -0.2) is 22.6 Å². The molecule has 1 aromatic heterocycles. The highest BCUT2D eigenvalue weighted by Crippen LogP contribution is 2.15. The standard InChI is InChI=1S/C12H13BrN4OS/c1-2-14-12-17-16-11(19-12)10(18)15-7-8-4-3-5-9(13)6-8/h3-6H,2,7H2,1H3,(H,14,17)(H,15,18). The third-order valence-electron chi connectivity index (χ3n) is 2.29. The maximum atomic E-state index is 11.9. The maximum Gasteiger partial charge on any atom is 0.282 e. The number of rotatable bonds is 5. The Balaban J connectivity index is 1.93. The van der Waals surface area contributed by atoms with Gasteiger partial charge in [0.15, 0.2) is 0 Å². The quantitative estimate of drug-likeness (QED) is 0.877. The van der Waals surface area contributed by atoms with Gasteiger partial charge in [-0.1, -0.05) is 39.4 Å². The number of nitrogens with zero attached hydrogens (tertiary/aromatic N) is 2. The smallest absolute Gasteiger partial charge is 0.282 e. The molecular weight excluding hydrogens is 328 g/mol. The molecule has 19 heavy (non-hydrogen) atoms. The van der Waals surface area contributed by atoms with Crippen molar-refractivity contribution in [3.63, 3.8) is 0 Å². The van der Waals surface area contributed by atoms with E-state index in [2.05, 4.69) is 36.8 Å². The number of aromatic nitrogens is 2. The highest BCUT2D eigenvalue weighted by Gasteiger charge is 2.11. The van der Waals surface area contributed by atoms with Crippen LogP contribution >= 0.6 is 27.3 Å². The molecule has 2 aromatic rings. The second-order valence-electron chi connectivity index (χ2n) is 3.76. The average molecular weight is 341 g/mol. The molecule has 100 valence electrons. The molecule has 0 spiro atoms. The topological polar surface area (TPSA) is 66.9 Å². The van der Waals surface area contributed by atoms with Gasteiger partial charge in [0.05, 0.1) is 0 Å². The lowest BCUT2D eigenvalue weighted by Gasteiger charge is -2.03. The fourth-order valence-corrected chi connectivity index (χ4v) is 2.62. The molecular formula is C12H13BrN4OS. The molecule has 2 rings (SSSR count). The first-order valence-electron chi connectivity index (χ1n) is 5.79. The lowest BCUT2D eigenvalue weighted by atomic mass is 10.2. The number of benzene rings is 1. The predicted molar refractivity (Wildman–Crippen MR) is 79.4 cm³/mol. The van der Waals surface area contributed by atoms with Crippen LogP contribution < -0.4 is 10.6 Å². The van der Waals surface area contributed by atoms with E-state index < -0.39 is 0 Å². The summed E-state index contributed by atoms with van der Waals surface area (Å²) >= 11 is 4.64. The largest absolute Gasteiger partial charge is 0.360 e. The molecule has 0 fully saturated rings. The molecule has 0 atom stereocenters. The molecule has 7 heteroatoms. The number of hydrogen-bond acceptors (Lipinski definition) is 5. The number of halogens is 1. The van der Waals surface area contributed by atoms with Gasteiger partial charge in [0.25, 0.3) is 5.91 Å². The van der Waals surface area contributed by atoms with Gasteiger partial charge in [-0.05, 0) is 24.6 Å². The summed E-state index contributed by atoms with van der Waals surface area (Å²) in [4.78, 5) is 11.9. The van der Waals surface area contributed by atoms with Crippen LogP contribution in [0.5, 0.6) is 0 Å². The Bertz CT molecular complexity index is 572. The van der Waals surface area contributed by atoms with Gasteiger partial charge in [-0.3, -0.25) is 4.79 Å². The molecule has 1 aromatic carbocycles. The SMILES string of the molecule is CCNc1nnc(C(=O)NCc2cccc(Br)c2)s1. The Labute approximate surface area is 123 Å². The molecule has 0 saturated heterocycles. The molecule has 0 aliphatic rings. The van der Waals surface area contributed by atoms with Crippen molar-refractivity contribution in [2.45, 2.75) is 13.5 Å². The van der Waals surface area contributed by atoms with E-state index in [1.165, 1.54) is 11.3 Å². The highest BCUT2D eigenvalue weighted by molar-refractivity contribution is 9.10. The van der Waals surface area contributed by atoms with Crippen molar-refractivity contribution in [3.8, 4) is 0 Å². The minimum absolute atomic E-state index is 0.207. The maximum absolute atomic E-state index is 11.9. The minimum atomic E-state index is -0.207. The molecule has 0 aliphatic heterocycles. The minimum Gasteiger partial charge on any atom is -0.360 e. The summed E-state index contributed by atoms with van der Waals surface area (Å²) in [5.74, 6) is -0.207. The summed E-state index contributed by atoms with van der Waals surface area (Å²) in [5, 5.41) is 14.6. The third-order valence-corrected chi connectivity index (χ3v) is 3.66. The van der Waals surface area contributed by atoms with Crippen molar-refractivity contribution in [1.82, 2.24) is 15.5 Å². The third kappa shape index (κ3) is 4.00. The Morgan fingerprint density at radius 3 is 3.00 bits per heavy atom. The molecule has 0 bridgehead atoms. The molecule has 1 heterocycles. The lowest BCUT2D eigenvalue weighted by molar-refractivity contribution is 0.0950. The fraction of sp³-hybridized carbons (Fsp3) is 0.250. The van der Waals surface area contributed by atoms with Crippen molar-refractivity contribution < 1.29 is 4.79 Å². The number of carbonyl (C=O) groups excluding carboxylic acids is 1. The molecule has 0 radical (unpaired) electrons. The zero-order valence-corrected chi connectivity index (χ0v) is 12.7. The van der Waals surface area contributed by atoms with E-state index in [1.54, 1.807) is 0 Å². The summed E-state index contributed by atoms with van der Waals surface area (Å²) in [6, 6.07) is 7.79. The Kier molecular flexibility index (Phi) is 4.86. The van der Waals surface area contributed by atoms with Crippen LogP contribution in [-0.2, 0) is 6.54 Å². The van der Waals surface area contributed by atoms with Gasteiger partial charge in [-0.15, -0.1) is 10.2 Å². The van der Waals surface area contributed by atoms with Crippen molar-refractivity contribution in [3.05, 3.63) is 39.3 Å². The summed E-state index contributed by atoms with van der Waals surface area (Å²) < 4.78 is 0.990. The second-order valence-corrected chi connectivity index (χ2v) is 5.65. The van der Waals surface area contributed by atoms with Crippen molar-refractivity contribution in [2.24, 2.45) is 0 Å². The molecule has 0 unspecified atom stereocenters. The summed E-state index contributed by atoms with van der Waals surface area (Å²) in [7, 11) is 0. The van der Waals surface area contributed by atoms with E-state index in [-0.39, 0.29) is 5.91 Å². The van der Waals surface area contributed by atoms with Crippen LogP contribution in [0.15, 0.2) is 28.7 Å². The van der Waals surface area contributed by atoms with Crippen LogP contribution in [0.25, 0.3) is 0 Å². The predicted octanol–water partition coefficient (Wildman–Crippen LogP) is 2.66. The normalized spacial score (nSPS) is 10.2. The van der Waals surface area contributed by atoms with E-state index in [0.717, 1.165) is 16.6 Å². The van der Waals surface area contributed by atoms with E-state index in [0.29, 0.717) is 16.7 Å². The number of carbonyl (C=O) groups is 1. The van der Waals surface area contributed by atoms with Crippen LogP contribution in [0.4, 0.5) is 5.13 Å². The zero-order chi connectivity index (χ0) is 13.7.